The number of ether oxygens (including phenoxy) is 1. The summed E-state index contributed by atoms with van der Waals surface area (Å²) in [5.74, 6) is -3.72. The first-order chi connectivity index (χ1) is 30.4. The third-order valence-corrected chi connectivity index (χ3v) is 11.1. The van der Waals surface area contributed by atoms with Gasteiger partial charge in [0, 0.05) is 77.0 Å². The number of carbonyl (C=O) groups excluding carboxylic acids is 6. The van der Waals surface area contributed by atoms with Crippen LogP contribution in [0.1, 0.15) is 91.5 Å². The van der Waals surface area contributed by atoms with Gasteiger partial charge in [-0.05, 0) is 82.4 Å². The highest BCUT2D eigenvalue weighted by atomic mass is 16.5. The van der Waals surface area contributed by atoms with Crippen LogP contribution >= 0.6 is 0 Å². The number of carbonyl (C=O) groups is 7. The molecule has 3 amide bonds. The number of fused-ring (bicyclic) bond motifs is 11. The molecule has 0 aromatic heterocycles. The summed E-state index contributed by atoms with van der Waals surface area (Å²) in [6.07, 6.45) is 3.59. The Morgan fingerprint density at radius 1 is 0.938 bits per heavy atom. The lowest BCUT2D eigenvalue weighted by atomic mass is 9.81. The van der Waals surface area contributed by atoms with Crippen molar-refractivity contribution in [2.45, 2.75) is 98.4 Å². The molecule has 19 nitrogen and oxygen atoms in total. The van der Waals surface area contributed by atoms with Gasteiger partial charge in [0.05, 0.1) is 38.2 Å². The molecule has 3 heterocycles. The lowest BCUT2D eigenvalue weighted by Crippen LogP contribution is -2.49. The summed E-state index contributed by atoms with van der Waals surface area (Å²) in [6.45, 7) is 15.1. The fraction of sp³-hybridized carbons (Fsp3) is 0.689. The van der Waals surface area contributed by atoms with Crippen LogP contribution in [-0.4, -0.2) is 157 Å². The van der Waals surface area contributed by atoms with Crippen LogP contribution in [0, 0.1) is 23.7 Å². The fourth-order valence-corrected chi connectivity index (χ4v) is 7.88. The van der Waals surface area contributed by atoms with Gasteiger partial charge in [-0.3, -0.25) is 58.5 Å². The molecular weight excluding hydrogens is 827 g/mol. The molecule has 0 radical (unpaired) electrons. The molecular formula is C45H75N9O10. The van der Waals surface area contributed by atoms with Gasteiger partial charge in [-0.15, -0.1) is 0 Å². The zero-order valence-electron chi connectivity index (χ0n) is 38.6. The van der Waals surface area contributed by atoms with Crippen molar-refractivity contribution in [2.24, 2.45) is 40.1 Å². The van der Waals surface area contributed by atoms with Crippen molar-refractivity contribution < 1.29 is 48.6 Å². The number of carboxylic acid groups (broad SMARTS) is 1. The Labute approximate surface area is 378 Å². The number of aliphatic imine (C=N–C) groups is 1. The van der Waals surface area contributed by atoms with Crippen LogP contribution in [-0.2, 0) is 40.0 Å². The van der Waals surface area contributed by atoms with Gasteiger partial charge in [-0.2, -0.15) is 0 Å². The summed E-state index contributed by atoms with van der Waals surface area (Å²) in [7, 11) is 0. The molecule has 4 rings (SSSR count). The largest absolute Gasteiger partial charge is 0.494 e. The standard InChI is InChI=1S/C29H46N6O6.C16H29N3O4/c1-4-32-26(37)20(7-5-13-33-29(30)31)17-25(36)24-16-19-9-11-21(12-10-19)41-14-6-8-22(28(39)35-40)23(15-18(2)3)27(38)34-24;1-3-4-15(21)12-18-7-5-17(11-14(2)20)6-9-19(10-8-18)13-16(22)23/h9-12,18,20,22-24,40H,4-8,13-17H2,1-3H3,(H,32,37)(H,34,38)(H,35,39)(H4,30,31,33);3-13H2,1-2H3,(H,22,23)/t20-,22+,23-,24+;/m1./s1. The Balaban J connectivity index is 0.000000517. The van der Waals surface area contributed by atoms with Gasteiger partial charge in [0.2, 0.25) is 17.7 Å². The summed E-state index contributed by atoms with van der Waals surface area (Å²) >= 11 is 0. The highest BCUT2D eigenvalue weighted by Gasteiger charge is 2.36. The van der Waals surface area contributed by atoms with E-state index in [-0.39, 0.29) is 54.5 Å². The van der Waals surface area contributed by atoms with Gasteiger partial charge in [-0.1, -0.05) is 32.9 Å². The number of carboxylic acids is 1. The predicted octanol–water partition coefficient (Wildman–Crippen LogP) is 1.38. The molecule has 0 unspecified atom stereocenters. The van der Waals surface area contributed by atoms with E-state index in [1.165, 1.54) is 0 Å². The van der Waals surface area contributed by atoms with Crippen LogP contribution in [0.3, 0.4) is 0 Å². The highest BCUT2D eigenvalue weighted by molar-refractivity contribution is 5.94. The quantitative estimate of drug-likeness (QED) is 0.0320. The summed E-state index contributed by atoms with van der Waals surface area (Å²) in [6, 6.07) is 6.35. The molecule has 4 atom stereocenters. The number of hydrogen-bond acceptors (Lipinski definition) is 13. The average molecular weight is 902 g/mol. The number of amides is 3. The smallest absolute Gasteiger partial charge is 0.317 e. The maximum Gasteiger partial charge on any atom is 0.317 e. The molecule has 0 aliphatic carbocycles. The molecule has 360 valence electrons. The van der Waals surface area contributed by atoms with E-state index in [2.05, 4.69) is 20.5 Å². The van der Waals surface area contributed by atoms with Gasteiger partial charge in [0.25, 0.3) is 0 Å². The second kappa shape index (κ2) is 30.2. The maximum atomic E-state index is 13.7. The maximum absolute atomic E-state index is 13.7. The van der Waals surface area contributed by atoms with Crippen LogP contribution in [0.4, 0.5) is 0 Å². The first kappa shape index (κ1) is 55.2. The number of nitrogens with zero attached hydrogens (tertiary/aromatic N) is 4. The van der Waals surface area contributed by atoms with Crippen molar-refractivity contribution >= 4 is 47.0 Å². The van der Waals surface area contributed by atoms with Crippen molar-refractivity contribution in [3.8, 4) is 5.75 Å². The number of hydrogen-bond donors (Lipinski definition) is 7. The second-order valence-corrected chi connectivity index (χ2v) is 17.1. The number of nitrogens with one attached hydrogen (secondary N) is 3. The van der Waals surface area contributed by atoms with Crippen LogP contribution in [0.25, 0.3) is 0 Å². The van der Waals surface area contributed by atoms with E-state index < -0.39 is 41.6 Å². The van der Waals surface area contributed by atoms with Crippen molar-refractivity contribution in [1.82, 2.24) is 30.8 Å². The van der Waals surface area contributed by atoms with Crippen molar-refractivity contribution in [2.75, 3.05) is 78.6 Å². The Hall–Kier alpha value is -4.98. The number of guanidine groups is 1. The third-order valence-electron chi connectivity index (χ3n) is 11.1. The first-order valence-electron chi connectivity index (χ1n) is 22.7. The third kappa shape index (κ3) is 22.1. The van der Waals surface area contributed by atoms with Gasteiger partial charge < -0.3 is 31.9 Å². The van der Waals surface area contributed by atoms with E-state index in [4.69, 9.17) is 21.3 Å². The Morgan fingerprint density at radius 2 is 1.55 bits per heavy atom. The van der Waals surface area contributed by atoms with Crippen LogP contribution < -0.4 is 32.3 Å². The molecule has 1 saturated heterocycles. The number of ketones is 3. The van der Waals surface area contributed by atoms with Gasteiger partial charge in [0.1, 0.15) is 17.3 Å². The first-order valence-corrected chi connectivity index (χ1v) is 22.7. The zero-order chi connectivity index (χ0) is 47.6. The minimum atomic E-state index is -0.931. The Kier molecular flexibility index (Phi) is 26.0. The van der Waals surface area contributed by atoms with E-state index in [1.54, 1.807) is 31.5 Å². The van der Waals surface area contributed by atoms with E-state index in [1.807, 2.05) is 42.7 Å². The number of aliphatic carboxylic acids is 1. The molecule has 3 aliphatic heterocycles. The van der Waals surface area contributed by atoms with Crippen molar-refractivity contribution in [3.63, 3.8) is 0 Å². The molecule has 9 N–H and O–H groups in total. The Bertz CT molecular complexity index is 1640. The second-order valence-electron chi connectivity index (χ2n) is 17.1. The number of nitrogens with two attached hydrogens (primary N) is 2. The van der Waals surface area contributed by atoms with E-state index in [0.29, 0.717) is 103 Å². The Morgan fingerprint density at radius 3 is 2.08 bits per heavy atom. The molecule has 0 saturated carbocycles. The topological polar surface area (TPSA) is 279 Å². The number of Topliss-reactive ketones (excluding diaryl/α,β-unsaturated/α-hetero) is 3. The molecule has 1 aromatic carbocycles. The molecule has 1 fully saturated rings. The summed E-state index contributed by atoms with van der Waals surface area (Å²) in [5.41, 5.74) is 13.3. The monoisotopic (exact) mass is 902 g/mol. The molecule has 0 spiro atoms. The SMILES string of the molecule is CCCC(=O)CN1CCN(CC(C)=O)CCN(CC(=O)O)CC1.CCNC(=O)[C@H](CCCN=C(N)N)CC(=O)[C@@H]1Cc2ccc(cc2)OCCC[C@H](C(=O)NO)[C@@H](CC(C)C)C(=O)N1. The van der Waals surface area contributed by atoms with Crippen molar-refractivity contribution in [1.29, 1.82) is 0 Å². The zero-order valence-corrected chi connectivity index (χ0v) is 38.6. The van der Waals surface area contributed by atoms with Gasteiger partial charge in [-0.25, -0.2) is 5.48 Å². The number of benzene rings is 1. The van der Waals surface area contributed by atoms with Gasteiger partial charge >= 0.3 is 5.97 Å². The summed E-state index contributed by atoms with van der Waals surface area (Å²) < 4.78 is 5.82. The molecule has 64 heavy (non-hydrogen) atoms. The van der Waals surface area contributed by atoms with Gasteiger partial charge in [0.15, 0.2) is 11.7 Å². The summed E-state index contributed by atoms with van der Waals surface area (Å²) in [4.78, 5) is 97.2. The van der Waals surface area contributed by atoms with E-state index >= 15 is 0 Å². The molecule has 3 aliphatic rings. The van der Waals surface area contributed by atoms with E-state index in [9.17, 15) is 38.8 Å². The predicted molar refractivity (Wildman–Crippen MR) is 242 cm³/mol. The van der Waals surface area contributed by atoms with Crippen molar-refractivity contribution in [3.05, 3.63) is 29.8 Å². The fourth-order valence-electron chi connectivity index (χ4n) is 7.88. The normalized spacial score (nSPS) is 19.7. The molecule has 19 heteroatoms. The van der Waals surface area contributed by atoms with Crippen LogP contribution in [0.2, 0.25) is 0 Å². The average Bonchev–Trinajstić information content (AvgIpc) is 3.31. The lowest BCUT2D eigenvalue weighted by Gasteiger charge is -2.29. The molecule has 1 aromatic rings. The van der Waals surface area contributed by atoms with Crippen LogP contribution in [0.15, 0.2) is 29.3 Å². The minimum absolute atomic E-state index is 0.00927. The minimum Gasteiger partial charge on any atom is -0.494 e. The number of hydroxylamine groups is 1. The summed E-state index contributed by atoms with van der Waals surface area (Å²) in [5, 5.41) is 24.1. The molecule has 2 bridgehead atoms. The van der Waals surface area contributed by atoms with Crippen LogP contribution in [0.5, 0.6) is 5.75 Å². The van der Waals surface area contributed by atoms with E-state index in [0.717, 1.165) is 25.1 Å². The lowest BCUT2D eigenvalue weighted by molar-refractivity contribution is -0.142. The highest BCUT2D eigenvalue weighted by Crippen LogP contribution is 2.27. The number of rotatable bonds is 20.